The van der Waals surface area contributed by atoms with Crippen LogP contribution >= 0.6 is 0 Å². The molecule has 6 nitrogen and oxygen atoms in total. The van der Waals surface area contributed by atoms with Gasteiger partial charge in [-0.05, 0) is 20.3 Å². The monoisotopic (exact) mass is 240 g/mol. The van der Waals surface area contributed by atoms with Crippen LogP contribution in [0.2, 0.25) is 0 Å². The van der Waals surface area contributed by atoms with E-state index < -0.39 is 0 Å². The zero-order chi connectivity index (χ0) is 12.7. The van der Waals surface area contributed by atoms with Crippen molar-refractivity contribution in [2.45, 2.75) is 26.3 Å². The molecule has 0 saturated carbocycles. The average Bonchev–Trinajstić information content (AvgIpc) is 2.30. The fourth-order valence-electron chi connectivity index (χ4n) is 1.46. The van der Waals surface area contributed by atoms with Crippen LogP contribution in [0.3, 0.4) is 0 Å². The van der Waals surface area contributed by atoms with Gasteiger partial charge in [-0.15, -0.1) is 0 Å². The molecular weight excluding hydrogens is 220 g/mol. The predicted octanol–water partition coefficient (Wildman–Crippen LogP) is 1.10. The Morgan fingerprint density at radius 1 is 1.41 bits per heavy atom. The second-order valence-electron chi connectivity index (χ2n) is 3.69. The first-order valence-corrected chi connectivity index (χ1v) is 5.73. The van der Waals surface area contributed by atoms with Crippen molar-refractivity contribution in [3.63, 3.8) is 0 Å². The van der Waals surface area contributed by atoms with Gasteiger partial charge in [0.25, 0.3) is 0 Å². The van der Waals surface area contributed by atoms with Gasteiger partial charge in [-0.1, -0.05) is 0 Å². The first kappa shape index (κ1) is 13.5. The third kappa shape index (κ3) is 3.74. The Morgan fingerprint density at radius 2 is 2.12 bits per heavy atom. The third-order valence-corrected chi connectivity index (χ3v) is 2.30. The molecule has 1 unspecified atom stereocenters. The zero-order valence-electron chi connectivity index (χ0n) is 10.5. The van der Waals surface area contributed by atoms with Gasteiger partial charge in [0.15, 0.2) is 11.6 Å². The van der Waals surface area contributed by atoms with Crippen molar-refractivity contribution < 1.29 is 9.84 Å². The molecule has 0 aromatic carbocycles. The quantitative estimate of drug-likeness (QED) is 0.662. The molecule has 1 aromatic heterocycles. The van der Waals surface area contributed by atoms with Gasteiger partial charge in [0, 0.05) is 19.2 Å². The molecule has 3 N–H and O–H groups in total. The largest absolute Gasteiger partial charge is 0.490 e. The minimum absolute atomic E-state index is 0.123. The maximum atomic E-state index is 8.86. The second kappa shape index (κ2) is 6.90. The summed E-state index contributed by atoms with van der Waals surface area (Å²) in [4.78, 5) is 8.26. The Balaban J connectivity index is 2.86. The molecule has 0 amide bonds. The first-order chi connectivity index (χ1) is 8.22. The molecule has 0 aliphatic carbocycles. The summed E-state index contributed by atoms with van der Waals surface area (Å²) >= 11 is 0. The number of methoxy groups -OCH3 is 1. The highest BCUT2D eigenvalue weighted by Crippen LogP contribution is 2.29. The highest BCUT2D eigenvalue weighted by molar-refractivity contribution is 5.63. The first-order valence-electron chi connectivity index (χ1n) is 5.73. The Bertz CT molecular complexity index is 346. The molecule has 0 spiro atoms. The normalized spacial score (nSPS) is 12.0. The van der Waals surface area contributed by atoms with Gasteiger partial charge < -0.3 is 20.5 Å². The smallest absolute Gasteiger partial charge is 0.204 e. The van der Waals surface area contributed by atoms with Crippen molar-refractivity contribution in [1.82, 2.24) is 9.97 Å². The third-order valence-electron chi connectivity index (χ3n) is 2.30. The lowest BCUT2D eigenvalue weighted by molar-refractivity contribution is 0.282. The summed E-state index contributed by atoms with van der Waals surface area (Å²) in [6.07, 6.45) is 2.14. The molecule has 0 fully saturated rings. The van der Waals surface area contributed by atoms with E-state index in [0.29, 0.717) is 23.8 Å². The van der Waals surface area contributed by atoms with Crippen molar-refractivity contribution in [2.75, 3.05) is 30.9 Å². The minimum Gasteiger partial charge on any atom is -0.490 e. The number of ether oxygens (including phenoxy) is 1. The fraction of sp³-hybridized carbons (Fsp3) is 0.636. The van der Waals surface area contributed by atoms with Gasteiger partial charge in [0.2, 0.25) is 5.75 Å². The fourth-order valence-corrected chi connectivity index (χ4v) is 1.46. The van der Waals surface area contributed by atoms with E-state index in [4.69, 9.17) is 9.84 Å². The van der Waals surface area contributed by atoms with E-state index in [1.54, 1.807) is 7.11 Å². The summed E-state index contributed by atoms with van der Waals surface area (Å²) in [5.74, 6) is 1.90. The van der Waals surface area contributed by atoms with Gasteiger partial charge >= 0.3 is 0 Å². The number of aliphatic hydroxyl groups is 1. The topological polar surface area (TPSA) is 79.3 Å². The number of aliphatic hydroxyl groups excluding tert-OH is 1. The maximum Gasteiger partial charge on any atom is 0.204 e. The number of rotatable bonds is 7. The highest BCUT2D eigenvalue weighted by atomic mass is 16.5. The van der Waals surface area contributed by atoms with Crippen LogP contribution in [0, 0.1) is 0 Å². The Morgan fingerprint density at radius 3 is 2.71 bits per heavy atom. The molecule has 0 saturated heterocycles. The summed E-state index contributed by atoms with van der Waals surface area (Å²) < 4.78 is 5.30. The van der Waals surface area contributed by atoms with E-state index >= 15 is 0 Å². The number of hydrogen-bond acceptors (Lipinski definition) is 6. The van der Waals surface area contributed by atoms with E-state index in [0.717, 1.165) is 6.54 Å². The number of nitrogens with one attached hydrogen (secondary N) is 2. The Labute approximate surface area is 101 Å². The lowest BCUT2D eigenvalue weighted by Crippen LogP contribution is -2.18. The summed E-state index contributed by atoms with van der Waals surface area (Å²) in [5.41, 5.74) is 0. The van der Waals surface area contributed by atoms with Gasteiger partial charge in [-0.3, -0.25) is 0 Å². The summed E-state index contributed by atoms with van der Waals surface area (Å²) in [5, 5.41) is 15.2. The molecule has 6 heteroatoms. The molecule has 1 heterocycles. The van der Waals surface area contributed by atoms with E-state index in [1.165, 1.54) is 6.33 Å². The van der Waals surface area contributed by atoms with Crippen molar-refractivity contribution in [2.24, 2.45) is 0 Å². The van der Waals surface area contributed by atoms with E-state index in [-0.39, 0.29) is 12.6 Å². The standard InChI is InChI=1S/C11H20N4O2/c1-4-12-10-9(17-3)11(14-7-13-10)15-8(2)5-6-16/h7-8,16H,4-6H2,1-3H3,(H2,12,13,14,15). The van der Waals surface area contributed by atoms with E-state index in [2.05, 4.69) is 20.6 Å². The molecule has 0 radical (unpaired) electrons. The van der Waals surface area contributed by atoms with Crippen LogP contribution in [0.4, 0.5) is 11.6 Å². The Kier molecular flexibility index (Phi) is 5.48. The van der Waals surface area contributed by atoms with Crippen molar-refractivity contribution >= 4 is 11.6 Å². The molecular formula is C11H20N4O2. The lowest BCUT2D eigenvalue weighted by atomic mass is 10.2. The van der Waals surface area contributed by atoms with Crippen molar-refractivity contribution in [3.8, 4) is 5.75 Å². The van der Waals surface area contributed by atoms with Crippen LogP contribution < -0.4 is 15.4 Å². The number of nitrogens with zero attached hydrogens (tertiary/aromatic N) is 2. The SMILES string of the molecule is CCNc1ncnc(NC(C)CCO)c1OC. The second-order valence-corrected chi connectivity index (χ2v) is 3.69. The average molecular weight is 240 g/mol. The van der Waals surface area contributed by atoms with Gasteiger partial charge in [0.05, 0.1) is 7.11 Å². The number of anilines is 2. The van der Waals surface area contributed by atoms with Gasteiger partial charge in [0.1, 0.15) is 6.33 Å². The van der Waals surface area contributed by atoms with Crippen molar-refractivity contribution in [3.05, 3.63) is 6.33 Å². The van der Waals surface area contributed by atoms with Crippen LogP contribution in [0.5, 0.6) is 5.75 Å². The summed E-state index contributed by atoms with van der Waals surface area (Å²) in [6, 6.07) is 0.123. The molecule has 1 rings (SSSR count). The van der Waals surface area contributed by atoms with Crippen molar-refractivity contribution in [1.29, 1.82) is 0 Å². The molecule has 0 bridgehead atoms. The van der Waals surface area contributed by atoms with Crippen LogP contribution in [0.25, 0.3) is 0 Å². The highest BCUT2D eigenvalue weighted by Gasteiger charge is 2.13. The van der Waals surface area contributed by atoms with Crippen LogP contribution in [-0.4, -0.2) is 41.4 Å². The summed E-state index contributed by atoms with van der Waals surface area (Å²) in [7, 11) is 1.58. The van der Waals surface area contributed by atoms with E-state index in [9.17, 15) is 0 Å². The van der Waals surface area contributed by atoms with E-state index in [1.807, 2.05) is 13.8 Å². The van der Waals surface area contributed by atoms with Gasteiger partial charge in [-0.2, -0.15) is 0 Å². The maximum absolute atomic E-state index is 8.86. The zero-order valence-corrected chi connectivity index (χ0v) is 10.5. The Hall–Kier alpha value is -1.56. The van der Waals surface area contributed by atoms with Crippen LogP contribution in [0.15, 0.2) is 6.33 Å². The molecule has 17 heavy (non-hydrogen) atoms. The lowest BCUT2D eigenvalue weighted by Gasteiger charge is -2.17. The molecule has 1 aromatic rings. The number of aromatic nitrogens is 2. The molecule has 96 valence electrons. The minimum atomic E-state index is 0.123. The molecule has 0 aliphatic heterocycles. The predicted molar refractivity (Wildman–Crippen MR) is 67.5 cm³/mol. The van der Waals surface area contributed by atoms with Crippen LogP contribution in [-0.2, 0) is 0 Å². The van der Waals surface area contributed by atoms with Gasteiger partial charge in [-0.25, -0.2) is 9.97 Å². The number of hydrogen-bond donors (Lipinski definition) is 3. The molecule has 0 aliphatic rings. The summed E-state index contributed by atoms with van der Waals surface area (Å²) in [6.45, 7) is 4.87. The molecule has 1 atom stereocenters. The van der Waals surface area contributed by atoms with Crippen LogP contribution in [0.1, 0.15) is 20.3 Å².